The van der Waals surface area contributed by atoms with Gasteiger partial charge in [0.2, 0.25) is 0 Å². The van der Waals surface area contributed by atoms with Crippen molar-refractivity contribution in [3.8, 4) is 0 Å². The summed E-state index contributed by atoms with van der Waals surface area (Å²) in [5.41, 5.74) is 4.14. The van der Waals surface area contributed by atoms with E-state index in [0.29, 0.717) is 12.0 Å². The molecule has 2 rings (SSSR count). The highest BCUT2D eigenvalue weighted by Crippen LogP contribution is 2.28. The fraction of sp³-hybridized carbons (Fsp3) is 0.357. The number of aliphatic hydroxyl groups excluding tert-OH is 1. The van der Waals surface area contributed by atoms with Gasteiger partial charge in [0.1, 0.15) is 0 Å². The molecule has 0 amide bonds. The number of rotatable bonds is 4. The highest BCUT2D eigenvalue weighted by Gasteiger charge is 2.15. The highest BCUT2D eigenvalue weighted by molar-refractivity contribution is 5.99. The number of carbonyl (C=O) groups is 1. The molecule has 1 aromatic carbocycles. The van der Waals surface area contributed by atoms with Gasteiger partial charge < -0.3 is 15.2 Å². The molecule has 0 spiro atoms. The lowest BCUT2D eigenvalue weighted by atomic mass is 9.97. The second kappa shape index (κ2) is 4.82. The molecule has 4 nitrogen and oxygen atoms in total. The molecule has 0 bridgehead atoms. The number of carboxylic acids is 1. The third-order valence-electron chi connectivity index (χ3n) is 3.33. The van der Waals surface area contributed by atoms with Gasteiger partial charge in [-0.05, 0) is 49.4 Å². The second-order valence-electron chi connectivity index (χ2n) is 4.56. The number of fused-ring (bicyclic) bond motifs is 1. The fourth-order valence-electron chi connectivity index (χ4n) is 2.42. The molecule has 0 unspecified atom stereocenters. The molecule has 96 valence electrons. The first-order valence-corrected chi connectivity index (χ1v) is 6.00. The van der Waals surface area contributed by atoms with Crippen LogP contribution in [0.2, 0.25) is 0 Å². The molecule has 1 heterocycles. The summed E-state index contributed by atoms with van der Waals surface area (Å²) in [6, 6.07) is 1.70. The fourth-order valence-corrected chi connectivity index (χ4v) is 2.42. The predicted molar refractivity (Wildman–Crippen MR) is 70.1 cm³/mol. The zero-order valence-corrected chi connectivity index (χ0v) is 10.6. The van der Waals surface area contributed by atoms with Crippen LogP contribution in [0.3, 0.4) is 0 Å². The number of hydrogen-bond donors (Lipinski definition) is 3. The Morgan fingerprint density at radius 2 is 2.11 bits per heavy atom. The molecule has 0 fully saturated rings. The molecule has 0 aliphatic carbocycles. The lowest BCUT2D eigenvalue weighted by molar-refractivity contribution is 0.0696. The van der Waals surface area contributed by atoms with Crippen molar-refractivity contribution in [1.82, 2.24) is 4.98 Å². The van der Waals surface area contributed by atoms with E-state index in [1.165, 1.54) is 0 Å². The van der Waals surface area contributed by atoms with E-state index < -0.39 is 5.97 Å². The number of nitrogens with one attached hydrogen (secondary N) is 1. The maximum absolute atomic E-state index is 11.2. The van der Waals surface area contributed by atoms with Crippen LogP contribution in [-0.2, 0) is 6.42 Å². The lowest BCUT2D eigenvalue weighted by Gasteiger charge is -2.07. The van der Waals surface area contributed by atoms with Crippen LogP contribution in [0.15, 0.2) is 12.3 Å². The van der Waals surface area contributed by atoms with Gasteiger partial charge in [0.05, 0.1) is 5.56 Å². The number of aromatic nitrogens is 1. The average molecular weight is 247 g/mol. The molecule has 4 heteroatoms. The van der Waals surface area contributed by atoms with Crippen LogP contribution < -0.4 is 0 Å². The normalized spacial score (nSPS) is 11.1. The number of hydrogen-bond acceptors (Lipinski definition) is 2. The third-order valence-corrected chi connectivity index (χ3v) is 3.33. The van der Waals surface area contributed by atoms with Gasteiger partial charge in [-0.3, -0.25) is 0 Å². The van der Waals surface area contributed by atoms with Crippen LogP contribution in [0.5, 0.6) is 0 Å². The summed E-state index contributed by atoms with van der Waals surface area (Å²) >= 11 is 0. The maximum atomic E-state index is 11.2. The van der Waals surface area contributed by atoms with Crippen LogP contribution in [-0.4, -0.2) is 27.8 Å². The molecule has 0 aliphatic heterocycles. The van der Waals surface area contributed by atoms with E-state index in [2.05, 4.69) is 4.98 Å². The minimum Gasteiger partial charge on any atom is -0.478 e. The highest BCUT2D eigenvalue weighted by atomic mass is 16.4. The summed E-state index contributed by atoms with van der Waals surface area (Å²) in [7, 11) is 0. The molecule has 2 aromatic rings. The SMILES string of the molecule is Cc1cc(C(=O)O)c(C)c2c(CCCO)c[nH]c12. The summed E-state index contributed by atoms with van der Waals surface area (Å²) in [5.74, 6) is -0.896. The Balaban J connectivity index is 2.66. The summed E-state index contributed by atoms with van der Waals surface area (Å²) in [6.45, 7) is 3.88. The van der Waals surface area contributed by atoms with Crippen molar-refractivity contribution in [2.45, 2.75) is 26.7 Å². The largest absolute Gasteiger partial charge is 0.478 e. The van der Waals surface area contributed by atoms with E-state index in [0.717, 1.165) is 34.0 Å². The van der Waals surface area contributed by atoms with Crippen molar-refractivity contribution < 1.29 is 15.0 Å². The quantitative estimate of drug-likeness (QED) is 0.776. The number of aromatic carboxylic acids is 1. The monoisotopic (exact) mass is 247 g/mol. The molecule has 0 radical (unpaired) electrons. The minimum atomic E-state index is -0.896. The number of benzene rings is 1. The smallest absolute Gasteiger partial charge is 0.335 e. The van der Waals surface area contributed by atoms with Gasteiger partial charge >= 0.3 is 5.97 Å². The molecular weight excluding hydrogens is 230 g/mol. The van der Waals surface area contributed by atoms with Crippen molar-refractivity contribution >= 4 is 16.9 Å². The maximum Gasteiger partial charge on any atom is 0.335 e. The predicted octanol–water partition coefficient (Wildman–Crippen LogP) is 2.41. The van der Waals surface area contributed by atoms with Crippen molar-refractivity contribution in [3.05, 3.63) is 34.5 Å². The summed E-state index contributed by atoms with van der Waals surface area (Å²) < 4.78 is 0. The van der Waals surface area contributed by atoms with Crippen molar-refractivity contribution in [3.63, 3.8) is 0 Å². The van der Waals surface area contributed by atoms with Gasteiger partial charge in [0.25, 0.3) is 0 Å². The number of H-pyrrole nitrogens is 1. The van der Waals surface area contributed by atoms with E-state index in [1.807, 2.05) is 20.0 Å². The summed E-state index contributed by atoms with van der Waals surface area (Å²) in [5, 5.41) is 19.1. The molecule has 18 heavy (non-hydrogen) atoms. The Morgan fingerprint density at radius 3 is 2.72 bits per heavy atom. The molecular formula is C14H17NO3. The van der Waals surface area contributed by atoms with Gasteiger partial charge in [-0.2, -0.15) is 0 Å². The standard InChI is InChI=1S/C14H17NO3/c1-8-6-11(14(17)18)9(2)12-10(4-3-5-16)7-15-13(8)12/h6-7,15-16H,3-5H2,1-2H3,(H,17,18). The van der Waals surface area contributed by atoms with Gasteiger partial charge in [-0.1, -0.05) is 0 Å². The Bertz CT molecular complexity index is 599. The van der Waals surface area contributed by atoms with Crippen LogP contribution in [0.4, 0.5) is 0 Å². The Labute approximate surface area is 105 Å². The Hall–Kier alpha value is -1.81. The number of aliphatic hydroxyl groups is 1. The van der Waals surface area contributed by atoms with Crippen LogP contribution in [0.1, 0.15) is 33.5 Å². The number of carboxylic acid groups (broad SMARTS) is 1. The third kappa shape index (κ3) is 1.99. The van der Waals surface area contributed by atoms with Crippen molar-refractivity contribution in [2.24, 2.45) is 0 Å². The van der Waals surface area contributed by atoms with E-state index in [4.69, 9.17) is 5.11 Å². The molecule has 0 aliphatic rings. The van der Waals surface area contributed by atoms with Crippen LogP contribution >= 0.6 is 0 Å². The lowest BCUT2D eigenvalue weighted by Crippen LogP contribution is -2.01. The van der Waals surface area contributed by atoms with Crippen LogP contribution in [0.25, 0.3) is 10.9 Å². The van der Waals surface area contributed by atoms with Crippen molar-refractivity contribution in [1.29, 1.82) is 0 Å². The summed E-state index contributed by atoms with van der Waals surface area (Å²) in [4.78, 5) is 14.4. The van der Waals surface area contributed by atoms with E-state index in [9.17, 15) is 9.90 Å². The first-order chi connectivity index (χ1) is 8.56. The molecule has 0 atom stereocenters. The minimum absolute atomic E-state index is 0.142. The Morgan fingerprint density at radius 1 is 1.39 bits per heavy atom. The van der Waals surface area contributed by atoms with E-state index in [1.54, 1.807) is 6.07 Å². The molecule has 0 saturated carbocycles. The first kappa shape index (κ1) is 12.6. The van der Waals surface area contributed by atoms with E-state index >= 15 is 0 Å². The average Bonchev–Trinajstić information content (AvgIpc) is 2.75. The second-order valence-corrected chi connectivity index (χ2v) is 4.56. The van der Waals surface area contributed by atoms with E-state index in [-0.39, 0.29) is 6.61 Å². The first-order valence-electron chi connectivity index (χ1n) is 6.00. The van der Waals surface area contributed by atoms with Gasteiger partial charge in [-0.25, -0.2) is 4.79 Å². The topological polar surface area (TPSA) is 73.3 Å². The van der Waals surface area contributed by atoms with Gasteiger partial charge in [0, 0.05) is 23.7 Å². The Kier molecular flexibility index (Phi) is 3.39. The molecule has 0 saturated heterocycles. The summed E-state index contributed by atoms with van der Waals surface area (Å²) in [6.07, 6.45) is 3.34. The van der Waals surface area contributed by atoms with Gasteiger partial charge in [-0.15, -0.1) is 0 Å². The van der Waals surface area contributed by atoms with Crippen LogP contribution in [0, 0.1) is 13.8 Å². The zero-order valence-electron chi connectivity index (χ0n) is 10.6. The molecule has 3 N–H and O–H groups in total. The zero-order chi connectivity index (χ0) is 13.3. The number of aryl methyl sites for hydroxylation is 3. The van der Waals surface area contributed by atoms with Gasteiger partial charge in [0.15, 0.2) is 0 Å². The van der Waals surface area contributed by atoms with Crippen molar-refractivity contribution in [2.75, 3.05) is 6.61 Å². The molecule has 1 aromatic heterocycles. The number of aromatic amines is 1.